The summed E-state index contributed by atoms with van der Waals surface area (Å²) in [6.07, 6.45) is 0. The highest BCUT2D eigenvalue weighted by Gasteiger charge is 1.51. The van der Waals surface area contributed by atoms with E-state index in [1.807, 2.05) is 13.8 Å². The van der Waals surface area contributed by atoms with Crippen molar-refractivity contribution in [2.75, 3.05) is 0 Å². The van der Waals surface area contributed by atoms with Crippen molar-refractivity contribution < 1.29 is 0 Å². The second-order valence-electron chi connectivity index (χ2n) is 1.21. The average molecular weight is 125 g/mol. The van der Waals surface area contributed by atoms with Crippen LogP contribution in [0.2, 0.25) is 0 Å². The van der Waals surface area contributed by atoms with Gasteiger partial charge < -0.3 is 0 Å². The van der Waals surface area contributed by atoms with Crippen molar-refractivity contribution in [3.63, 3.8) is 0 Å². The Morgan fingerprint density at radius 1 is 1.33 bits per heavy atom. The van der Waals surface area contributed by atoms with Crippen LogP contribution in [-0.2, 0) is 0 Å². The van der Waals surface area contributed by atoms with Crippen molar-refractivity contribution in [1.82, 2.24) is 0 Å². The summed E-state index contributed by atoms with van der Waals surface area (Å²) in [4.78, 5) is 0. The molecule has 38 valence electrons. The maximum Gasteiger partial charge on any atom is 0 e. The second-order valence-corrected chi connectivity index (χ2v) is 1.21. The molecule has 0 saturated carbocycles. The number of halogens is 1. The van der Waals surface area contributed by atoms with Crippen LogP contribution < -0.4 is 0 Å². The maximum atomic E-state index is 3.56. The van der Waals surface area contributed by atoms with Crippen molar-refractivity contribution in [3.8, 4) is 0 Å². The van der Waals surface area contributed by atoms with Crippen LogP contribution in [0.25, 0.3) is 0 Å². The molecule has 0 aromatic rings. The Morgan fingerprint density at radius 2 is 1.33 bits per heavy atom. The molecular formula is C4H9ClS. The third-order valence-electron chi connectivity index (χ3n) is 0. The minimum atomic E-state index is 0. The number of hydrogen-bond acceptors (Lipinski definition) is 0. The fraction of sp³-hybridized carbons (Fsp3) is 0.500. The summed E-state index contributed by atoms with van der Waals surface area (Å²) >= 11 is 0. The van der Waals surface area contributed by atoms with Gasteiger partial charge in [0.25, 0.3) is 0 Å². The molecule has 2 heteroatoms. The lowest BCUT2D eigenvalue weighted by Crippen LogP contribution is -1.43. The zero-order valence-corrected chi connectivity index (χ0v) is 5.66. The van der Waals surface area contributed by atoms with E-state index in [-0.39, 0.29) is 25.9 Å². The molecule has 0 atom stereocenters. The van der Waals surface area contributed by atoms with Gasteiger partial charge in [0.15, 0.2) is 0 Å². The van der Waals surface area contributed by atoms with Gasteiger partial charge in [0.05, 0.1) is 0 Å². The van der Waals surface area contributed by atoms with Crippen LogP contribution >= 0.6 is 25.9 Å². The molecule has 0 saturated heterocycles. The molecule has 0 aliphatic rings. The summed E-state index contributed by atoms with van der Waals surface area (Å²) in [6.45, 7) is 7.50. The Kier molecular flexibility index (Phi) is 24.3. The zero-order valence-electron chi connectivity index (χ0n) is 4.02. The molecule has 0 bridgehead atoms. The fourth-order valence-corrected chi connectivity index (χ4v) is 0. The Bertz CT molecular complexity index is 30.5. The van der Waals surface area contributed by atoms with E-state index in [0.29, 0.717) is 0 Å². The van der Waals surface area contributed by atoms with E-state index in [2.05, 4.69) is 6.58 Å². The van der Waals surface area contributed by atoms with Gasteiger partial charge in [-0.25, -0.2) is 0 Å². The third kappa shape index (κ3) is 347. The standard InChI is InChI=1S/C4H8.ClH.S/c1-4(2)3;;/h1H2,2-3H3;1H;. The Morgan fingerprint density at radius 3 is 1.33 bits per heavy atom. The predicted molar refractivity (Wildman–Crippen MR) is 35.3 cm³/mol. The summed E-state index contributed by atoms with van der Waals surface area (Å²) in [6, 6.07) is 0. The first-order valence-corrected chi connectivity index (χ1v) is 1.35. The second kappa shape index (κ2) is 9.03. The first kappa shape index (κ1) is 16.2. The van der Waals surface area contributed by atoms with Crippen molar-refractivity contribution >= 4 is 25.9 Å². The van der Waals surface area contributed by atoms with E-state index in [0.717, 1.165) is 0 Å². The lowest BCUT2D eigenvalue weighted by Gasteiger charge is -1.65. The van der Waals surface area contributed by atoms with Crippen LogP contribution in [-0.4, -0.2) is 0 Å². The molecule has 0 aromatic heterocycles. The molecule has 6 heavy (non-hydrogen) atoms. The highest BCUT2D eigenvalue weighted by atomic mass is 35.5. The van der Waals surface area contributed by atoms with Crippen LogP contribution in [0.4, 0.5) is 0 Å². The molecule has 0 rings (SSSR count). The molecule has 0 N–H and O–H groups in total. The highest BCUT2D eigenvalue weighted by Crippen LogP contribution is 1.73. The monoisotopic (exact) mass is 124 g/mol. The molecule has 0 amide bonds. The van der Waals surface area contributed by atoms with E-state index in [4.69, 9.17) is 0 Å². The molecule has 0 aliphatic carbocycles. The van der Waals surface area contributed by atoms with Gasteiger partial charge in [-0.1, -0.05) is 5.57 Å². The van der Waals surface area contributed by atoms with Gasteiger partial charge >= 0.3 is 0 Å². The minimum absolute atomic E-state index is 0. The molecule has 0 fully saturated rings. The lowest BCUT2D eigenvalue weighted by molar-refractivity contribution is 1.42. The van der Waals surface area contributed by atoms with Gasteiger partial charge in [-0.2, -0.15) is 0 Å². The molecule has 0 spiro atoms. The van der Waals surface area contributed by atoms with Gasteiger partial charge in [-0.3, -0.25) is 0 Å². The number of hydrogen-bond donors (Lipinski definition) is 0. The highest BCUT2D eigenvalue weighted by molar-refractivity contribution is 7.59. The van der Waals surface area contributed by atoms with Crippen LogP contribution in [0.15, 0.2) is 12.2 Å². The van der Waals surface area contributed by atoms with Crippen LogP contribution in [0.5, 0.6) is 0 Å². The van der Waals surface area contributed by atoms with E-state index >= 15 is 0 Å². The number of rotatable bonds is 0. The SMILES string of the molecule is C=C(C)C.Cl.[S]. The first-order chi connectivity index (χ1) is 1.73. The summed E-state index contributed by atoms with van der Waals surface area (Å²) in [7, 11) is 0. The first-order valence-electron chi connectivity index (χ1n) is 1.35. The Balaban J connectivity index is -0.0000000450. The molecular weight excluding hydrogens is 116 g/mol. The van der Waals surface area contributed by atoms with Gasteiger partial charge in [0.1, 0.15) is 0 Å². The van der Waals surface area contributed by atoms with E-state index in [1.165, 1.54) is 5.57 Å². The summed E-state index contributed by atoms with van der Waals surface area (Å²) in [5.74, 6) is 0. The Labute approximate surface area is 52.5 Å². The molecule has 0 heterocycles. The van der Waals surface area contributed by atoms with Crippen molar-refractivity contribution in [2.45, 2.75) is 13.8 Å². The van der Waals surface area contributed by atoms with Crippen molar-refractivity contribution in [1.29, 1.82) is 0 Å². The molecule has 0 nitrogen and oxygen atoms in total. The molecule has 0 aliphatic heterocycles. The quantitative estimate of drug-likeness (QED) is 0.436. The van der Waals surface area contributed by atoms with Crippen LogP contribution in [0, 0.1) is 0 Å². The molecule has 0 aromatic carbocycles. The number of allylic oxidation sites excluding steroid dienone is 1. The van der Waals surface area contributed by atoms with E-state index in [1.54, 1.807) is 0 Å². The van der Waals surface area contributed by atoms with Crippen LogP contribution in [0.3, 0.4) is 0 Å². The maximum absolute atomic E-state index is 3.56. The smallest absolute Gasteiger partial charge is 0 e. The minimum Gasteiger partial charge on any atom is -0.147 e. The summed E-state index contributed by atoms with van der Waals surface area (Å²) in [5, 5.41) is 0. The largest absolute Gasteiger partial charge is 0.147 e. The topological polar surface area (TPSA) is 0 Å². The zero-order chi connectivity index (χ0) is 3.58. The summed E-state index contributed by atoms with van der Waals surface area (Å²) in [5.41, 5.74) is 1.17. The van der Waals surface area contributed by atoms with E-state index in [9.17, 15) is 0 Å². The van der Waals surface area contributed by atoms with Gasteiger partial charge in [0.2, 0.25) is 0 Å². The molecule has 0 unspecified atom stereocenters. The van der Waals surface area contributed by atoms with Gasteiger partial charge in [0, 0.05) is 13.5 Å². The molecule has 2 radical (unpaired) electrons. The average Bonchev–Trinajstić information content (AvgIpc) is 0.811. The normalized spacial score (nSPS) is 4.33. The third-order valence-corrected chi connectivity index (χ3v) is 0. The van der Waals surface area contributed by atoms with Crippen LogP contribution in [0.1, 0.15) is 13.8 Å². The van der Waals surface area contributed by atoms with E-state index < -0.39 is 0 Å². The predicted octanol–water partition coefficient (Wildman–Crippen LogP) is 2.65. The fourth-order valence-electron chi connectivity index (χ4n) is 0. The van der Waals surface area contributed by atoms with Crippen molar-refractivity contribution in [3.05, 3.63) is 12.2 Å². The van der Waals surface area contributed by atoms with Crippen molar-refractivity contribution in [2.24, 2.45) is 0 Å². The van der Waals surface area contributed by atoms with Gasteiger partial charge in [-0.15, -0.1) is 19.0 Å². The Hall–Kier alpha value is 0.380. The van der Waals surface area contributed by atoms with Gasteiger partial charge in [-0.05, 0) is 13.8 Å². The lowest BCUT2D eigenvalue weighted by atomic mass is 10.4. The summed E-state index contributed by atoms with van der Waals surface area (Å²) < 4.78 is 0.